The smallest absolute Gasteiger partial charge is 0.125 e. The van der Waals surface area contributed by atoms with Crippen molar-refractivity contribution in [1.82, 2.24) is 5.32 Å². The topological polar surface area (TPSA) is 73.3 Å². The van der Waals surface area contributed by atoms with Crippen LogP contribution in [0.4, 0.5) is 0 Å². The largest absolute Gasteiger partial charge is 0.496 e. The third-order valence-corrected chi connectivity index (χ3v) is 2.98. The summed E-state index contributed by atoms with van der Waals surface area (Å²) >= 11 is 0. The maximum Gasteiger partial charge on any atom is 0.125 e. The van der Waals surface area contributed by atoms with Crippen molar-refractivity contribution in [2.24, 2.45) is 11.5 Å². The van der Waals surface area contributed by atoms with E-state index in [1.165, 1.54) is 16.7 Å². The summed E-state index contributed by atoms with van der Waals surface area (Å²) in [6.45, 7) is 6.33. The van der Waals surface area contributed by atoms with Gasteiger partial charge in [-0.05, 0) is 37.9 Å². The van der Waals surface area contributed by atoms with E-state index in [4.69, 9.17) is 16.2 Å². The van der Waals surface area contributed by atoms with Crippen LogP contribution in [0.3, 0.4) is 0 Å². The maximum atomic E-state index is 5.74. The molecule has 0 aliphatic heterocycles. The standard InChI is InChI=1S/C14H25N3O/c1-10-6-11(2)14(18-3)12(7-10)4-5-17-9-13(16)8-15/h6-7,13,17H,4-5,8-9,15-16H2,1-3H3. The highest BCUT2D eigenvalue weighted by molar-refractivity contribution is 5.43. The molecule has 0 saturated heterocycles. The molecule has 0 heterocycles. The van der Waals surface area contributed by atoms with Gasteiger partial charge in [-0.2, -0.15) is 0 Å². The van der Waals surface area contributed by atoms with Gasteiger partial charge in [-0.15, -0.1) is 0 Å². The van der Waals surface area contributed by atoms with Gasteiger partial charge in [0.15, 0.2) is 0 Å². The van der Waals surface area contributed by atoms with E-state index >= 15 is 0 Å². The molecule has 0 aromatic heterocycles. The van der Waals surface area contributed by atoms with Crippen LogP contribution in [0.2, 0.25) is 0 Å². The molecule has 0 radical (unpaired) electrons. The average molecular weight is 251 g/mol. The number of methoxy groups -OCH3 is 1. The summed E-state index contributed by atoms with van der Waals surface area (Å²) in [4.78, 5) is 0. The van der Waals surface area contributed by atoms with Crippen molar-refractivity contribution in [2.75, 3.05) is 26.7 Å². The SMILES string of the molecule is COc1c(C)cc(C)cc1CCNCC(N)CN. The first-order valence-corrected chi connectivity index (χ1v) is 6.39. The summed E-state index contributed by atoms with van der Waals surface area (Å²) in [6.07, 6.45) is 0.934. The summed E-state index contributed by atoms with van der Waals surface area (Å²) in [6, 6.07) is 4.35. The Morgan fingerprint density at radius 2 is 2.06 bits per heavy atom. The number of rotatable bonds is 7. The number of benzene rings is 1. The first-order chi connectivity index (χ1) is 8.58. The lowest BCUT2D eigenvalue weighted by molar-refractivity contribution is 0.405. The van der Waals surface area contributed by atoms with Gasteiger partial charge in [-0.3, -0.25) is 0 Å². The first kappa shape index (κ1) is 15.0. The fourth-order valence-electron chi connectivity index (χ4n) is 2.11. The predicted molar refractivity (Wildman–Crippen MR) is 76.1 cm³/mol. The van der Waals surface area contributed by atoms with Crippen molar-refractivity contribution in [3.63, 3.8) is 0 Å². The molecule has 1 atom stereocenters. The van der Waals surface area contributed by atoms with E-state index in [9.17, 15) is 0 Å². The van der Waals surface area contributed by atoms with Crippen molar-refractivity contribution in [3.05, 3.63) is 28.8 Å². The van der Waals surface area contributed by atoms with Crippen molar-refractivity contribution in [3.8, 4) is 5.75 Å². The molecule has 1 aromatic rings. The highest BCUT2D eigenvalue weighted by atomic mass is 16.5. The van der Waals surface area contributed by atoms with E-state index in [1.54, 1.807) is 7.11 Å². The quantitative estimate of drug-likeness (QED) is 0.625. The van der Waals surface area contributed by atoms with Crippen LogP contribution >= 0.6 is 0 Å². The van der Waals surface area contributed by atoms with Crippen molar-refractivity contribution >= 4 is 0 Å². The number of ether oxygens (including phenoxy) is 1. The minimum Gasteiger partial charge on any atom is -0.496 e. The van der Waals surface area contributed by atoms with E-state index in [1.807, 2.05) is 0 Å². The summed E-state index contributed by atoms with van der Waals surface area (Å²) in [5.41, 5.74) is 14.9. The van der Waals surface area contributed by atoms with E-state index in [0.29, 0.717) is 6.54 Å². The van der Waals surface area contributed by atoms with Crippen LogP contribution in [0.25, 0.3) is 0 Å². The molecule has 0 saturated carbocycles. The van der Waals surface area contributed by atoms with Crippen molar-refractivity contribution in [2.45, 2.75) is 26.3 Å². The molecular weight excluding hydrogens is 226 g/mol. The normalized spacial score (nSPS) is 12.5. The summed E-state index contributed by atoms with van der Waals surface area (Å²) in [5.74, 6) is 0.991. The predicted octanol–water partition coefficient (Wildman–Crippen LogP) is 0.730. The summed E-state index contributed by atoms with van der Waals surface area (Å²) in [7, 11) is 1.72. The molecular formula is C14H25N3O. The molecule has 0 bridgehead atoms. The van der Waals surface area contributed by atoms with E-state index < -0.39 is 0 Å². The van der Waals surface area contributed by atoms with Crippen LogP contribution in [0.1, 0.15) is 16.7 Å². The van der Waals surface area contributed by atoms with Gasteiger partial charge in [-0.1, -0.05) is 17.7 Å². The fraction of sp³-hybridized carbons (Fsp3) is 0.571. The van der Waals surface area contributed by atoms with Crippen molar-refractivity contribution < 1.29 is 4.74 Å². The third-order valence-electron chi connectivity index (χ3n) is 2.98. The zero-order chi connectivity index (χ0) is 13.5. The second-order valence-electron chi connectivity index (χ2n) is 4.72. The Bertz CT molecular complexity index is 380. The Hall–Kier alpha value is -1.10. The maximum absolute atomic E-state index is 5.74. The Balaban J connectivity index is 2.56. The van der Waals surface area contributed by atoms with Gasteiger partial charge < -0.3 is 21.5 Å². The second kappa shape index (κ2) is 7.36. The van der Waals surface area contributed by atoms with Gasteiger partial charge in [0.1, 0.15) is 5.75 Å². The molecule has 4 heteroatoms. The molecule has 0 aliphatic rings. The number of hydrogen-bond acceptors (Lipinski definition) is 4. The number of nitrogens with one attached hydrogen (secondary N) is 1. The van der Waals surface area contributed by atoms with Gasteiger partial charge in [-0.25, -0.2) is 0 Å². The fourth-order valence-corrected chi connectivity index (χ4v) is 2.11. The molecule has 0 spiro atoms. The molecule has 1 aromatic carbocycles. The Kier molecular flexibility index (Phi) is 6.12. The van der Waals surface area contributed by atoms with E-state index in [0.717, 1.165) is 25.3 Å². The highest BCUT2D eigenvalue weighted by Gasteiger charge is 2.07. The number of aryl methyl sites for hydroxylation is 2. The minimum atomic E-state index is 0.0335. The second-order valence-corrected chi connectivity index (χ2v) is 4.72. The zero-order valence-corrected chi connectivity index (χ0v) is 11.6. The van der Waals surface area contributed by atoms with Crippen LogP contribution in [-0.2, 0) is 6.42 Å². The molecule has 1 unspecified atom stereocenters. The number of nitrogens with two attached hydrogens (primary N) is 2. The van der Waals surface area contributed by atoms with E-state index in [2.05, 4.69) is 31.3 Å². The van der Waals surface area contributed by atoms with Crippen molar-refractivity contribution in [1.29, 1.82) is 0 Å². The van der Waals surface area contributed by atoms with Crippen LogP contribution in [0.15, 0.2) is 12.1 Å². The summed E-state index contributed by atoms with van der Waals surface area (Å²) < 4.78 is 5.46. The first-order valence-electron chi connectivity index (χ1n) is 6.39. The van der Waals surface area contributed by atoms with Gasteiger partial charge >= 0.3 is 0 Å². The van der Waals surface area contributed by atoms with Gasteiger partial charge in [0.05, 0.1) is 7.11 Å². The zero-order valence-electron chi connectivity index (χ0n) is 11.6. The molecule has 102 valence electrons. The lowest BCUT2D eigenvalue weighted by Gasteiger charge is -2.14. The minimum absolute atomic E-state index is 0.0335. The lowest BCUT2D eigenvalue weighted by Crippen LogP contribution is -2.40. The lowest BCUT2D eigenvalue weighted by atomic mass is 10.0. The van der Waals surface area contributed by atoms with Gasteiger partial charge in [0.2, 0.25) is 0 Å². The average Bonchev–Trinajstić information content (AvgIpc) is 2.33. The Morgan fingerprint density at radius 1 is 1.33 bits per heavy atom. The Morgan fingerprint density at radius 3 is 2.67 bits per heavy atom. The van der Waals surface area contributed by atoms with E-state index in [-0.39, 0.29) is 6.04 Å². The van der Waals surface area contributed by atoms with Crippen LogP contribution < -0.4 is 21.5 Å². The van der Waals surface area contributed by atoms with Crippen LogP contribution in [0, 0.1) is 13.8 Å². The molecule has 4 nitrogen and oxygen atoms in total. The highest BCUT2D eigenvalue weighted by Crippen LogP contribution is 2.25. The third kappa shape index (κ3) is 4.29. The molecule has 5 N–H and O–H groups in total. The molecule has 18 heavy (non-hydrogen) atoms. The number of hydrogen-bond donors (Lipinski definition) is 3. The monoisotopic (exact) mass is 251 g/mol. The van der Waals surface area contributed by atoms with Crippen LogP contribution in [-0.4, -0.2) is 32.8 Å². The van der Waals surface area contributed by atoms with Gasteiger partial charge in [0, 0.05) is 19.1 Å². The molecule has 0 aliphatic carbocycles. The molecule has 0 amide bonds. The molecule has 0 fully saturated rings. The summed E-state index contributed by atoms with van der Waals surface area (Å²) in [5, 5.41) is 3.31. The van der Waals surface area contributed by atoms with Crippen LogP contribution in [0.5, 0.6) is 5.75 Å². The van der Waals surface area contributed by atoms with Gasteiger partial charge in [0.25, 0.3) is 0 Å². The Labute approximate surface area is 110 Å². The molecule has 1 rings (SSSR count).